The fraction of sp³-hybridized carbons (Fsp3) is 0. The SMILES string of the molecule is N#Cc1c[nH]nc1C(N)=O. The summed E-state index contributed by atoms with van der Waals surface area (Å²) in [5, 5.41) is 14.2. The molecule has 5 nitrogen and oxygen atoms in total. The van der Waals surface area contributed by atoms with Gasteiger partial charge in [0.05, 0.1) is 0 Å². The first-order valence-corrected chi connectivity index (χ1v) is 2.49. The Kier molecular flexibility index (Phi) is 1.38. The van der Waals surface area contributed by atoms with Crippen molar-refractivity contribution in [2.75, 3.05) is 0 Å². The number of aromatic amines is 1. The molecule has 0 aromatic carbocycles. The number of rotatable bonds is 1. The molecule has 0 radical (unpaired) electrons. The van der Waals surface area contributed by atoms with Crippen LogP contribution in [0.25, 0.3) is 0 Å². The summed E-state index contributed by atoms with van der Waals surface area (Å²) in [6, 6.07) is 1.76. The normalized spacial score (nSPS) is 8.70. The van der Waals surface area contributed by atoms with Gasteiger partial charge in [0.1, 0.15) is 11.6 Å². The molecule has 0 fully saturated rings. The summed E-state index contributed by atoms with van der Waals surface area (Å²) >= 11 is 0. The van der Waals surface area contributed by atoms with E-state index in [1.165, 1.54) is 6.20 Å². The zero-order valence-electron chi connectivity index (χ0n) is 4.96. The van der Waals surface area contributed by atoms with Crippen LogP contribution in [0.15, 0.2) is 6.20 Å². The number of aromatic nitrogens is 2. The Morgan fingerprint density at radius 1 is 1.90 bits per heavy atom. The van der Waals surface area contributed by atoms with Gasteiger partial charge in [-0.05, 0) is 0 Å². The smallest absolute Gasteiger partial charge is 0.270 e. The molecule has 10 heavy (non-hydrogen) atoms. The Hall–Kier alpha value is -1.83. The van der Waals surface area contributed by atoms with Crippen LogP contribution in [0, 0.1) is 11.3 Å². The fourth-order valence-corrected chi connectivity index (χ4v) is 0.563. The zero-order valence-corrected chi connectivity index (χ0v) is 4.96. The van der Waals surface area contributed by atoms with Crippen LogP contribution in [-0.2, 0) is 0 Å². The first-order valence-electron chi connectivity index (χ1n) is 2.49. The molecule has 0 bridgehead atoms. The lowest BCUT2D eigenvalue weighted by Crippen LogP contribution is -2.12. The van der Waals surface area contributed by atoms with Crippen molar-refractivity contribution in [2.45, 2.75) is 0 Å². The molecule has 0 atom stereocenters. The molecular weight excluding hydrogens is 132 g/mol. The maximum absolute atomic E-state index is 10.4. The van der Waals surface area contributed by atoms with E-state index in [0.717, 1.165) is 0 Å². The van der Waals surface area contributed by atoms with Crippen LogP contribution < -0.4 is 5.73 Å². The van der Waals surface area contributed by atoms with Crippen molar-refractivity contribution in [2.24, 2.45) is 5.73 Å². The van der Waals surface area contributed by atoms with Gasteiger partial charge < -0.3 is 5.73 Å². The van der Waals surface area contributed by atoms with Crippen LogP contribution >= 0.6 is 0 Å². The lowest BCUT2D eigenvalue weighted by molar-refractivity contribution is 0.0995. The zero-order chi connectivity index (χ0) is 7.56. The highest BCUT2D eigenvalue weighted by molar-refractivity contribution is 5.93. The minimum Gasteiger partial charge on any atom is -0.364 e. The average Bonchev–Trinajstić information content (AvgIpc) is 2.33. The number of hydrogen-bond donors (Lipinski definition) is 2. The first-order chi connectivity index (χ1) is 4.75. The predicted octanol–water partition coefficient (Wildman–Crippen LogP) is -0.620. The Labute approximate surface area is 56.5 Å². The highest BCUT2D eigenvalue weighted by Gasteiger charge is 2.09. The summed E-state index contributed by atoms with van der Waals surface area (Å²) in [5.41, 5.74) is 5.02. The predicted molar refractivity (Wildman–Crippen MR) is 31.8 cm³/mol. The van der Waals surface area contributed by atoms with E-state index in [0.29, 0.717) is 0 Å². The van der Waals surface area contributed by atoms with Gasteiger partial charge in [0.2, 0.25) is 0 Å². The highest BCUT2D eigenvalue weighted by atomic mass is 16.1. The molecule has 5 heteroatoms. The standard InChI is InChI=1S/C5H4N4O/c6-1-3-2-8-9-4(3)5(7)10/h2H,(H2,7,10)(H,8,9). The first kappa shape index (κ1) is 6.29. The molecule has 0 aliphatic heterocycles. The van der Waals surface area contributed by atoms with Gasteiger partial charge in [-0.2, -0.15) is 10.4 Å². The van der Waals surface area contributed by atoms with Crippen LogP contribution in [0.1, 0.15) is 16.1 Å². The summed E-state index contributed by atoms with van der Waals surface area (Å²) in [5.74, 6) is -0.696. The monoisotopic (exact) mass is 136 g/mol. The Bertz CT molecular complexity index is 295. The Balaban J connectivity index is 3.17. The molecule has 0 saturated carbocycles. The van der Waals surface area contributed by atoms with E-state index in [9.17, 15) is 4.79 Å². The third kappa shape index (κ3) is 0.821. The van der Waals surface area contributed by atoms with Gasteiger partial charge in [-0.15, -0.1) is 0 Å². The lowest BCUT2D eigenvalue weighted by Gasteiger charge is -1.83. The lowest BCUT2D eigenvalue weighted by atomic mass is 10.3. The van der Waals surface area contributed by atoms with Gasteiger partial charge in [-0.3, -0.25) is 9.89 Å². The van der Waals surface area contributed by atoms with Crippen molar-refractivity contribution in [1.82, 2.24) is 10.2 Å². The van der Waals surface area contributed by atoms with Crippen LogP contribution in [0.5, 0.6) is 0 Å². The number of nitrogens with zero attached hydrogens (tertiary/aromatic N) is 2. The second-order valence-corrected chi connectivity index (χ2v) is 1.62. The van der Waals surface area contributed by atoms with Crippen molar-refractivity contribution < 1.29 is 4.79 Å². The van der Waals surface area contributed by atoms with Crippen LogP contribution in [0.3, 0.4) is 0 Å². The summed E-state index contributed by atoms with van der Waals surface area (Å²) in [4.78, 5) is 10.4. The van der Waals surface area contributed by atoms with E-state index in [1.807, 2.05) is 0 Å². The molecule has 1 rings (SSSR count). The van der Waals surface area contributed by atoms with E-state index < -0.39 is 5.91 Å². The number of nitrogens with one attached hydrogen (secondary N) is 1. The molecule has 1 heterocycles. The number of hydrogen-bond acceptors (Lipinski definition) is 3. The second-order valence-electron chi connectivity index (χ2n) is 1.62. The topological polar surface area (TPSA) is 95.6 Å². The number of amides is 1. The number of nitrogens with two attached hydrogens (primary N) is 1. The highest BCUT2D eigenvalue weighted by Crippen LogP contribution is 1.99. The minimum absolute atomic E-state index is 0.0116. The number of nitriles is 1. The molecule has 3 N–H and O–H groups in total. The van der Waals surface area contributed by atoms with Crippen LogP contribution in [0.4, 0.5) is 0 Å². The van der Waals surface area contributed by atoms with Gasteiger partial charge in [-0.1, -0.05) is 0 Å². The minimum atomic E-state index is -0.696. The van der Waals surface area contributed by atoms with Crippen molar-refractivity contribution >= 4 is 5.91 Å². The Morgan fingerprint density at radius 2 is 2.60 bits per heavy atom. The fourth-order valence-electron chi connectivity index (χ4n) is 0.563. The molecule has 0 aliphatic carbocycles. The number of primary amides is 1. The molecule has 1 aromatic rings. The van der Waals surface area contributed by atoms with E-state index in [-0.39, 0.29) is 11.3 Å². The van der Waals surface area contributed by atoms with E-state index in [1.54, 1.807) is 6.07 Å². The molecule has 1 aromatic heterocycles. The summed E-state index contributed by atoms with van der Waals surface area (Å²) in [7, 11) is 0. The quantitative estimate of drug-likeness (QED) is 0.538. The maximum Gasteiger partial charge on any atom is 0.270 e. The number of carbonyl (C=O) groups is 1. The average molecular weight is 136 g/mol. The van der Waals surface area contributed by atoms with E-state index in [2.05, 4.69) is 10.2 Å². The molecule has 0 saturated heterocycles. The van der Waals surface area contributed by atoms with Gasteiger partial charge in [0.15, 0.2) is 5.69 Å². The van der Waals surface area contributed by atoms with Crippen LogP contribution in [0.2, 0.25) is 0 Å². The molecular formula is C5H4N4O. The van der Waals surface area contributed by atoms with Crippen molar-refractivity contribution in [3.05, 3.63) is 17.5 Å². The third-order valence-electron chi connectivity index (χ3n) is 0.994. The third-order valence-corrected chi connectivity index (χ3v) is 0.994. The van der Waals surface area contributed by atoms with Crippen molar-refractivity contribution in [3.63, 3.8) is 0 Å². The van der Waals surface area contributed by atoms with Crippen molar-refractivity contribution in [3.8, 4) is 6.07 Å². The van der Waals surface area contributed by atoms with E-state index in [4.69, 9.17) is 11.0 Å². The molecule has 0 spiro atoms. The van der Waals surface area contributed by atoms with Gasteiger partial charge in [0, 0.05) is 6.20 Å². The van der Waals surface area contributed by atoms with Crippen molar-refractivity contribution in [1.29, 1.82) is 5.26 Å². The maximum atomic E-state index is 10.4. The Morgan fingerprint density at radius 3 is 3.00 bits per heavy atom. The summed E-state index contributed by atoms with van der Waals surface area (Å²) in [6.45, 7) is 0. The van der Waals surface area contributed by atoms with E-state index >= 15 is 0 Å². The summed E-state index contributed by atoms with van der Waals surface area (Å²) < 4.78 is 0. The molecule has 0 aliphatic rings. The van der Waals surface area contributed by atoms with Gasteiger partial charge in [-0.25, -0.2) is 0 Å². The number of H-pyrrole nitrogens is 1. The van der Waals surface area contributed by atoms with Gasteiger partial charge >= 0.3 is 0 Å². The second kappa shape index (κ2) is 2.19. The number of carbonyl (C=O) groups excluding carboxylic acids is 1. The molecule has 1 amide bonds. The van der Waals surface area contributed by atoms with Gasteiger partial charge in [0.25, 0.3) is 5.91 Å². The summed E-state index contributed by atoms with van der Waals surface area (Å²) in [6.07, 6.45) is 1.32. The molecule has 50 valence electrons. The largest absolute Gasteiger partial charge is 0.364 e. The molecule has 0 unspecified atom stereocenters. The van der Waals surface area contributed by atoms with Crippen LogP contribution in [-0.4, -0.2) is 16.1 Å².